The highest BCUT2D eigenvalue weighted by molar-refractivity contribution is 5.72. The smallest absolute Gasteiger partial charge is 0.0682 e. The van der Waals surface area contributed by atoms with Gasteiger partial charge in [0, 0.05) is 5.69 Å². The Morgan fingerprint density at radius 2 is 1.81 bits per heavy atom. The van der Waals surface area contributed by atoms with Crippen molar-refractivity contribution in [3.63, 3.8) is 0 Å². The molecule has 0 aliphatic heterocycles. The lowest BCUT2D eigenvalue weighted by Gasteiger charge is -2.10. The molecule has 2 aromatic carbocycles. The molecule has 0 aromatic heterocycles. The zero-order valence-corrected chi connectivity index (χ0v) is 8.85. The van der Waals surface area contributed by atoms with Crippen LogP contribution in [-0.4, -0.2) is 5.11 Å². The molecule has 0 fully saturated rings. The van der Waals surface area contributed by atoms with Crippen molar-refractivity contribution < 1.29 is 5.11 Å². The van der Waals surface area contributed by atoms with Crippen LogP contribution in [0, 0.1) is 0 Å². The molecule has 0 aliphatic carbocycles. The molecular formula is C13H14N2O. The third-order valence-corrected chi connectivity index (χ3v) is 2.35. The van der Waals surface area contributed by atoms with Crippen molar-refractivity contribution in [2.24, 2.45) is 0 Å². The van der Waals surface area contributed by atoms with E-state index in [9.17, 15) is 0 Å². The molecule has 0 atom stereocenters. The Labute approximate surface area is 94.5 Å². The van der Waals surface area contributed by atoms with Crippen molar-refractivity contribution in [2.75, 3.05) is 11.1 Å². The number of aliphatic hydroxyl groups excluding tert-OH is 1. The molecule has 3 nitrogen and oxygen atoms in total. The molecular weight excluding hydrogens is 200 g/mol. The molecule has 0 unspecified atom stereocenters. The van der Waals surface area contributed by atoms with Gasteiger partial charge in [0.2, 0.25) is 0 Å². The number of anilines is 3. The maximum Gasteiger partial charge on any atom is 0.0682 e. The minimum absolute atomic E-state index is 0.00974. The summed E-state index contributed by atoms with van der Waals surface area (Å²) in [5.74, 6) is 0. The van der Waals surface area contributed by atoms with E-state index >= 15 is 0 Å². The highest BCUT2D eigenvalue weighted by atomic mass is 16.3. The molecule has 3 heteroatoms. The van der Waals surface area contributed by atoms with Gasteiger partial charge in [0.15, 0.2) is 0 Å². The van der Waals surface area contributed by atoms with Gasteiger partial charge in [-0.05, 0) is 29.8 Å². The average Bonchev–Trinajstić information content (AvgIpc) is 2.33. The van der Waals surface area contributed by atoms with Gasteiger partial charge in [-0.25, -0.2) is 0 Å². The predicted molar refractivity (Wildman–Crippen MR) is 66.5 cm³/mol. The van der Waals surface area contributed by atoms with E-state index < -0.39 is 0 Å². The third-order valence-electron chi connectivity index (χ3n) is 2.35. The van der Waals surface area contributed by atoms with E-state index in [2.05, 4.69) is 5.32 Å². The van der Waals surface area contributed by atoms with E-state index in [1.165, 1.54) is 0 Å². The Hall–Kier alpha value is -2.00. The molecule has 0 saturated heterocycles. The number of nitrogens with two attached hydrogens (primary N) is 1. The number of nitrogen functional groups attached to an aromatic ring is 1. The van der Waals surface area contributed by atoms with E-state index in [0.717, 1.165) is 16.9 Å². The van der Waals surface area contributed by atoms with Gasteiger partial charge in [-0.15, -0.1) is 0 Å². The lowest BCUT2D eigenvalue weighted by Crippen LogP contribution is -1.97. The van der Waals surface area contributed by atoms with Crippen molar-refractivity contribution in [1.29, 1.82) is 0 Å². The summed E-state index contributed by atoms with van der Waals surface area (Å²) in [4.78, 5) is 0. The quantitative estimate of drug-likeness (QED) is 0.688. The molecule has 0 radical (unpaired) electrons. The standard InChI is InChI=1S/C13H14N2O/c14-12-8-10(9-16)6-7-13(12)15-11-4-2-1-3-5-11/h1-8,15-16H,9,14H2. The molecule has 0 bridgehead atoms. The monoisotopic (exact) mass is 214 g/mol. The zero-order chi connectivity index (χ0) is 11.4. The number of hydrogen-bond donors (Lipinski definition) is 3. The first-order chi connectivity index (χ1) is 7.79. The van der Waals surface area contributed by atoms with Crippen LogP contribution in [-0.2, 0) is 6.61 Å². The molecule has 2 aromatic rings. The number of aliphatic hydroxyl groups is 1. The van der Waals surface area contributed by atoms with Gasteiger partial charge >= 0.3 is 0 Å². The number of para-hydroxylation sites is 1. The second kappa shape index (κ2) is 4.68. The SMILES string of the molecule is Nc1cc(CO)ccc1Nc1ccccc1. The molecule has 0 heterocycles. The zero-order valence-electron chi connectivity index (χ0n) is 8.85. The highest BCUT2D eigenvalue weighted by Gasteiger charge is 2.00. The molecule has 0 amide bonds. The van der Waals surface area contributed by atoms with Crippen molar-refractivity contribution in [3.05, 3.63) is 54.1 Å². The lowest BCUT2D eigenvalue weighted by atomic mass is 10.2. The van der Waals surface area contributed by atoms with Crippen LogP contribution in [0.3, 0.4) is 0 Å². The normalized spacial score (nSPS) is 10.1. The van der Waals surface area contributed by atoms with Gasteiger partial charge in [-0.2, -0.15) is 0 Å². The Balaban J connectivity index is 2.22. The van der Waals surface area contributed by atoms with E-state index in [1.54, 1.807) is 6.07 Å². The minimum Gasteiger partial charge on any atom is -0.397 e. The van der Waals surface area contributed by atoms with Crippen LogP contribution in [0.2, 0.25) is 0 Å². The average molecular weight is 214 g/mol. The van der Waals surface area contributed by atoms with E-state index in [4.69, 9.17) is 10.8 Å². The van der Waals surface area contributed by atoms with Gasteiger partial charge in [0.25, 0.3) is 0 Å². The number of hydrogen-bond acceptors (Lipinski definition) is 3. The summed E-state index contributed by atoms with van der Waals surface area (Å²) in [5, 5.41) is 12.2. The van der Waals surface area contributed by atoms with E-state index in [-0.39, 0.29) is 6.61 Å². The first-order valence-corrected chi connectivity index (χ1v) is 5.11. The first-order valence-electron chi connectivity index (χ1n) is 5.11. The molecule has 82 valence electrons. The summed E-state index contributed by atoms with van der Waals surface area (Å²) in [7, 11) is 0. The molecule has 2 rings (SSSR count). The second-order valence-corrected chi connectivity index (χ2v) is 3.57. The van der Waals surface area contributed by atoms with Crippen molar-refractivity contribution >= 4 is 17.1 Å². The van der Waals surface area contributed by atoms with Gasteiger partial charge in [-0.3, -0.25) is 0 Å². The Morgan fingerprint density at radius 1 is 1.06 bits per heavy atom. The van der Waals surface area contributed by atoms with E-state index in [0.29, 0.717) is 5.69 Å². The number of rotatable bonds is 3. The Bertz CT molecular complexity index is 469. The summed E-state index contributed by atoms with van der Waals surface area (Å²) < 4.78 is 0. The first kappa shape index (κ1) is 10.5. The molecule has 0 aliphatic rings. The minimum atomic E-state index is 0.00974. The molecule has 16 heavy (non-hydrogen) atoms. The van der Waals surface area contributed by atoms with Gasteiger partial charge in [-0.1, -0.05) is 24.3 Å². The summed E-state index contributed by atoms with van der Waals surface area (Å²) in [6, 6.07) is 15.3. The molecule has 0 saturated carbocycles. The summed E-state index contributed by atoms with van der Waals surface area (Å²) in [6.45, 7) is 0.00974. The Morgan fingerprint density at radius 3 is 2.44 bits per heavy atom. The third kappa shape index (κ3) is 2.32. The van der Waals surface area contributed by atoms with Crippen LogP contribution in [0.4, 0.5) is 17.1 Å². The fourth-order valence-corrected chi connectivity index (χ4v) is 1.50. The van der Waals surface area contributed by atoms with Crippen LogP contribution in [0.25, 0.3) is 0 Å². The second-order valence-electron chi connectivity index (χ2n) is 3.57. The maximum absolute atomic E-state index is 8.97. The predicted octanol–water partition coefficient (Wildman–Crippen LogP) is 2.50. The van der Waals surface area contributed by atoms with E-state index in [1.807, 2.05) is 42.5 Å². The largest absolute Gasteiger partial charge is 0.397 e. The Kier molecular flexibility index (Phi) is 3.08. The van der Waals surface area contributed by atoms with Gasteiger partial charge < -0.3 is 16.2 Å². The lowest BCUT2D eigenvalue weighted by molar-refractivity contribution is 0.282. The number of nitrogens with one attached hydrogen (secondary N) is 1. The molecule has 0 spiro atoms. The summed E-state index contributed by atoms with van der Waals surface area (Å²) in [6.07, 6.45) is 0. The van der Waals surface area contributed by atoms with Crippen LogP contribution in [0.1, 0.15) is 5.56 Å². The van der Waals surface area contributed by atoms with Crippen molar-refractivity contribution in [3.8, 4) is 0 Å². The fourth-order valence-electron chi connectivity index (χ4n) is 1.50. The molecule has 4 N–H and O–H groups in total. The highest BCUT2D eigenvalue weighted by Crippen LogP contribution is 2.23. The summed E-state index contributed by atoms with van der Waals surface area (Å²) >= 11 is 0. The number of benzene rings is 2. The summed E-state index contributed by atoms with van der Waals surface area (Å²) in [5.41, 5.74) is 9.16. The van der Waals surface area contributed by atoms with Crippen LogP contribution >= 0.6 is 0 Å². The van der Waals surface area contributed by atoms with Crippen LogP contribution < -0.4 is 11.1 Å². The van der Waals surface area contributed by atoms with Crippen LogP contribution in [0.5, 0.6) is 0 Å². The topological polar surface area (TPSA) is 58.3 Å². The maximum atomic E-state index is 8.97. The van der Waals surface area contributed by atoms with Crippen molar-refractivity contribution in [1.82, 2.24) is 0 Å². The van der Waals surface area contributed by atoms with Gasteiger partial charge in [0.05, 0.1) is 18.0 Å². The van der Waals surface area contributed by atoms with Gasteiger partial charge in [0.1, 0.15) is 0 Å². The van der Waals surface area contributed by atoms with Crippen LogP contribution in [0.15, 0.2) is 48.5 Å². The van der Waals surface area contributed by atoms with Crippen molar-refractivity contribution in [2.45, 2.75) is 6.61 Å². The fraction of sp³-hybridized carbons (Fsp3) is 0.0769.